The molecule has 0 saturated heterocycles. The number of carbonyl (C=O) groups excluding carboxylic acids is 2. The van der Waals surface area contributed by atoms with E-state index in [9.17, 15) is 9.59 Å². The molecule has 0 aliphatic carbocycles. The summed E-state index contributed by atoms with van der Waals surface area (Å²) < 4.78 is 5.08. The van der Waals surface area contributed by atoms with Crippen molar-refractivity contribution in [1.29, 1.82) is 0 Å². The lowest BCUT2D eigenvalue weighted by molar-refractivity contribution is -0.116. The first-order valence-corrected chi connectivity index (χ1v) is 8.26. The molecule has 0 aliphatic heterocycles. The van der Waals surface area contributed by atoms with Gasteiger partial charge in [-0.2, -0.15) is 0 Å². The Morgan fingerprint density at radius 2 is 1.82 bits per heavy atom. The van der Waals surface area contributed by atoms with Crippen LogP contribution in [0.4, 0.5) is 4.79 Å². The van der Waals surface area contributed by atoms with Crippen LogP contribution in [0.5, 0.6) is 0 Å². The predicted molar refractivity (Wildman–Crippen MR) is 72.1 cm³/mol. The Kier molecular flexibility index (Phi) is 7.37. The third kappa shape index (κ3) is 11.6. The average Bonchev–Trinajstić information content (AvgIpc) is 2.08. The molecule has 17 heavy (non-hydrogen) atoms. The van der Waals surface area contributed by atoms with Crippen LogP contribution in [0, 0.1) is 0 Å². The summed E-state index contributed by atoms with van der Waals surface area (Å²) in [6, 6.07) is 0. The maximum absolute atomic E-state index is 11.4. The van der Waals surface area contributed by atoms with E-state index in [1.807, 2.05) is 20.8 Å². The lowest BCUT2D eigenvalue weighted by Crippen LogP contribution is -2.33. The van der Waals surface area contributed by atoms with E-state index in [0.29, 0.717) is 25.5 Å². The van der Waals surface area contributed by atoms with Crippen LogP contribution in [0.15, 0.2) is 0 Å². The summed E-state index contributed by atoms with van der Waals surface area (Å²) in [7, 11) is -0.153. The summed E-state index contributed by atoms with van der Waals surface area (Å²) in [5.74, 6) is 0.284. The quantitative estimate of drug-likeness (QED) is 0.590. The molecular formula is C12H24NO3P. The number of nitrogens with one attached hydrogen (secondary N) is 1. The molecule has 1 amide bonds. The molecule has 0 rings (SSSR count). The Morgan fingerprint density at radius 3 is 2.29 bits per heavy atom. The van der Waals surface area contributed by atoms with E-state index >= 15 is 0 Å². The smallest absolute Gasteiger partial charge is 0.407 e. The summed E-state index contributed by atoms with van der Waals surface area (Å²) in [4.78, 5) is 22.7. The second kappa shape index (κ2) is 7.65. The zero-order chi connectivity index (χ0) is 13.5. The van der Waals surface area contributed by atoms with E-state index in [0.717, 1.165) is 0 Å². The standard InChI is InChI=1S/C12H24NO3P/c1-12(2,3)16-11(15)13-8-6-7-10(14)9-17(4)5/h6-9H2,1-5H3,(H,13,15). The van der Waals surface area contributed by atoms with Gasteiger partial charge in [0, 0.05) is 19.1 Å². The van der Waals surface area contributed by atoms with E-state index < -0.39 is 11.7 Å². The van der Waals surface area contributed by atoms with Gasteiger partial charge in [0.1, 0.15) is 11.4 Å². The third-order valence-electron chi connectivity index (χ3n) is 1.79. The first-order valence-electron chi connectivity index (χ1n) is 5.84. The number of ketones is 1. The molecular weight excluding hydrogens is 237 g/mol. The Hall–Kier alpha value is -0.630. The van der Waals surface area contributed by atoms with Crippen LogP contribution in [-0.4, -0.2) is 43.5 Å². The van der Waals surface area contributed by atoms with Crippen molar-refractivity contribution in [3.8, 4) is 0 Å². The molecule has 5 heteroatoms. The SMILES string of the molecule is CP(C)CC(=O)CCCNC(=O)OC(C)(C)C. The molecule has 100 valence electrons. The van der Waals surface area contributed by atoms with Crippen molar-refractivity contribution in [1.82, 2.24) is 5.32 Å². The van der Waals surface area contributed by atoms with Gasteiger partial charge in [-0.1, -0.05) is 0 Å². The first-order chi connectivity index (χ1) is 7.70. The zero-order valence-corrected chi connectivity index (χ0v) is 12.4. The minimum Gasteiger partial charge on any atom is -0.444 e. The average molecular weight is 261 g/mol. The Morgan fingerprint density at radius 1 is 1.24 bits per heavy atom. The van der Waals surface area contributed by atoms with E-state index in [2.05, 4.69) is 18.6 Å². The molecule has 4 nitrogen and oxygen atoms in total. The fourth-order valence-electron chi connectivity index (χ4n) is 1.22. The number of ether oxygens (including phenoxy) is 1. The first kappa shape index (κ1) is 16.4. The van der Waals surface area contributed by atoms with Gasteiger partial charge in [-0.25, -0.2) is 4.79 Å². The molecule has 0 aliphatic rings. The van der Waals surface area contributed by atoms with Gasteiger partial charge in [-0.3, -0.25) is 4.79 Å². The number of hydrogen-bond acceptors (Lipinski definition) is 3. The fourth-order valence-corrected chi connectivity index (χ4v) is 2.09. The van der Waals surface area contributed by atoms with Crippen LogP contribution in [0.1, 0.15) is 33.6 Å². The molecule has 0 bridgehead atoms. The van der Waals surface area contributed by atoms with Crippen LogP contribution in [0.3, 0.4) is 0 Å². The number of carbonyl (C=O) groups is 2. The van der Waals surface area contributed by atoms with Crippen molar-refractivity contribution in [2.75, 3.05) is 26.0 Å². The lowest BCUT2D eigenvalue weighted by atomic mass is 10.2. The number of rotatable bonds is 6. The Balaban J connectivity index is 3.58. The number of amides is 1. The zero-order valence-electron chi connectivity index (χ0n) is 11.5. The third-order valence-corrected chi connectivity index (χ3v) is 2.78. The van der Waals surface area contributed by atoms with Crippen molar-refractivity contribution >= 4 is 19.8 Å². The molecule has 0 atom stereocenters. The van der Waals surface area contributed by atoms with Crippen LogP contribution in [-0.2, 0) is 9.53 Å². The summed E-state index contributed by atoms with van der Waals surface area (Å²) >= 11 is 0. The van der Waals surface area contributed by atoms with Crippen molar-refractivity contribution in [3.05, 3.63) is 0 Å². The second-order valence-corrected chi connectivity index (χ2v) is 7.78. The molecule has 0 aromatic carbocycles. The summed E-state index contributed by atoms with van der Waals surface area (Å²) in [6.45, 7) is 10.1. The van der Waals surface area contributed by atoms with Crippen LogP contribution in [0.25, 0.3) is 0 Å². The van der Waals surface area contributed by atoms with Crippen LogP contribution >= 0.6 is 7.92 Å². The fraction of sp³-hybridized carbons (Fsp3) is 0.833. The van der Waals surface area contributed by atoms with Crippen molar-refractivity contribution in [3.63, 3.8) is 0 Å². The monoisotopic (exact) mass is 261 g/mol. The molecule has 1 N–H and O–H groups in total. The van der Waals surface area contributed by atoms with Crippen LogP contribution < -0.4 is 5.32 Å². The molecule has 0 fully saturated rings. The van der Waals surface area contributed by atoms with Gasteiger partial charge < -0.3 is 10.1 Å². The predicted octanol–water partition coefficient (Wildman–Crippen LogP) is 2.60. The largest absolute Gasteiger partial charge is 0.444 e. The van der Waals surface area contributed by atoms with E-state index in [1.54, 1.807) is 0 Å². The highest BCUT2D eigenvalue weighted by Gasteiger charge is 2.15. The van der Waals surface area contributed by atoms with Crippen molar-refractivity contribution < 1.29 is 14.3 Å². The molecule has 0 heterocycles. The summed E-state index contributed by atoms with van der Waals surface area (Å²) in [6.07, 6.45) is 1.48. The number of alkyl carbamates (subject to hydrolysis) is 1. The normalized spacial score (nSPS) is 11.4. The molecule has 0 radical (unpaired) electrons. The maximum atomic E-state index is 11.4. The van der Waals surface area contributed by atoms with E-state index in [4.69, 9.17) is 4.74 Å². The molecule has 0 aromatic heterocycles. The van der Waals surface area contributed by atoms with Gasteiger partial charge in [-0.05, 0) is 40.5 Å². The molecule has 0 unspecified atom stereocenters. The van der Waals surface area contributed by atoms with Gasteiger partial charge in [0.2, 0.25) is 0 Å². The van der Waals surface area contributed by atoms with Gasteiger partial charge in [0.05, 0.1) is 0 Å². The van der Waals surface area contributed by atoms with Crippen molar-refractivity contribution in [2.24, 2.45) is 0 Å². The summed E-state index contributed by atoms with van der Waals surface area (Å²) in [5, 5.41) is 2.64. The highest BCUT2D eigenvalue weighted by molar-refractivity contribution is 7.56. The van der Waals surface area contributed by atoms with Gasteiger partial charge in [0.15, 0.2) is 0 Å². The maximum Gasteiger partial charge on any atom is 0.407 e. The Labute approximate surface area is 105 Å². The highest BCUT2D eigenvalue weighted by atomic mass is 31.1. The second-order valence-electron chi connectivity index (χ2n) is 5.31. The van der Waals surface area contributed by atoms with Gasteiger partial charge in [-0.15, -0.1) is 7.92 Å². The summed E-state index contributed by atoms with van der Waals surface area (Å²) in [5.41, 5.74) is -0.472. The van der Waals surface area contributed by atoms with Gasteiger partial charge in [0.25, 0.3) is 0 Å². The van der Waals surface area contributed by atoms with Crippen LogP contribution in [0.2, 0.25) is 0 Å². The number of Topliss-reactive ketones (excluding diaryl/α,β-unsaturated/α-hetero) is 1. The Bertz CT molecular complexity index is 259. The van der Waals surface area contributed by atoms with Gasteiger partial charge >= 0.3 is 6.09 Å². The minimum atomic E-state index is -0.472. The molecule has 0 saturated carbocycles. The van der Waals surface area contributed by atoms with E-state index in [1.165, 1.54) is 0 Å². The number of hydrogen-bond donors (Lipinski definition) is 1. The molecule has 0 spiro atoms. The topological polar surface area (TPSA) is 55.4 Å². The lowest BCUT2D eigenvalue weighted by Gasteiger charge is -2.19. The highest BCUT2D eigenvalue weighted by Crippen LogP contribution is 2.24. The minimum absolute atomic E-state index is 0.153. The van der Waals surface area contributed by atoms with Crippen molar-refractivity contribution in [2.45, 2.75) is 39.2 Å². The van der Waals surface area contributed by atoms with E-state index in [-0.39, 0.29) is 13.7 Å². The molecule has 0 aromatic rings.